The quantitative estimate of drug-likeness (QED) is 0.685. The van der Waals surface area contributed by atoms with Gasteiger partial charge in [0.25, 0.3) is 0 Å². The first-order chi connectivity index (χ1) is 6.23. The summed E-state index contributed by atoms with van der Waals surface area (Å²) in [6.45, 7) is 5.20. The predicted octanol–water partition coefficient (Wildman–Crippen LogP) is -0.00300. The highest BCUT2D eigenvalue weighted by Gasteiger charge is 2.22. The molecule has 2 unspecified atom stereocenters. The lowest BCUT2D eigenvalue weighted by Gasteiger charge is -2.21. The number of nitrogens with two attached hydrogens (primary N) is 1. The Hall–Kier alpha value is -0.420. The molecule has 5 heteroatoms. The molecular formula is C9H20N2O2S. The van der Waals surface area contributed by atoms with E-state index in [0.717, 1.165) is 0 Å². The van der Waals surface area contributed by atoms with Crippen molar-refractivity contribution in [1.29, 1.82) is 0 Å². The summed E-state index contributed by atoms with van der Waals surface area (Å²) in [5.74, 6) is 0.429. The first-order valence-corrected chi connectivity index (χ1v) is 6.36. The Morgan fingerprint density at radius 1 is 1.57 bits per heavy atom. The maximum atomic E-state index is 11.4. The molecule has 84 valence electrons. The minimum atomic E-state index is -0.848. The molecule has 1 amide bonds. The summed E-state index contributed by atoms with van der Waals surface area (Å²) in [4.78, 5) is 11.4. The Labute approximate surface area is 88.1 Å². The lowest BCUT2D eigenvalue weighted by atomic mass is 10.1. The molecular weight excluding hydrogens is 200 g/mol. The molecule has 0 saturated heterocycles. The molecule has 0 saturated carbocycles. The molecule has 0 rings (SSSR count). The fourth-order valence-electron chi connectivity index (χ4n) is 0.825. The Balaban J connectivity index is 3.89. The van der Waals surface area contributed by atoms with Crippen LogP contribution in [0.3, 0.4) is 0 Å². The number of hydrogen-bond donors (Lipinski definition) is 2. The zero-order valence-corrected chi connectivity index (χ0v) is 10.1. The second kappa shape index (κ2) is 5.46. The van der Waals surface area contributed by atoms with Crippen LogP contribution in [0, 0.1) is 0 Å². The van der Waals surface area contributed by atoms with Crippen molar-refractivity contribution in [3.8, 4) is 0 Å². The van der Waals surface area contributed by atoms with Crippen LogP contribution in [0.25, 0.3) is 0 Å². The van der Waals surface area contributed by atoms with Gasteiger partial charge in [0.2, 0.25) is 5.91 Å². The van der Waals surface area contributed by atoms with E-state index < -0.39 is 16.3 Å². The van der Waals surface area contributed by atoms with Gasteiger partial charge in [-0.2, -0.15) is 0 Å². The highest BCUT2D eigenvalue weighted by atomic mass is 32.2. The van der Waals surface area contributed by atoms with Gasteiger partial charge in [-0.05, 0) is 27.2 Å². The van der Waals surface area contributed by atoms with Crippen molar-refractivity contribution < 1.29 is 9.00 Å². The first kappa shape index (κ1) is 13.6. The monoisotopic (exact) mass is 220 g/mol. The third-order valence-electron chi connectivity index (χ3n) is 1.80. The molecule has 0 heterocycles. The van der Waals surface area contributed by atoms with Crippen LogP contribution < -0.4 is 11.1 Å². The van der Waals surface area contributed by atoms with E-state index in [1.807, 2.05) is 6.92 Å². The number of amides is 1. The largest absolute Gasteiger partial charge is 0.352 e. The summed E-state index contributed by atoms with van der Waals surface area (Å²) in [6.07, 6.45) is 2.37. The van der Waals surface area contributed by atoms with Gasteiger partial charge in [-0.15, -0.1) is 0 Å². The van der Waals surface area contributed by atoms with E-state index in [1.165, 1.54) is 0 Å². The van der Waals surface area contributed by atoms with E-state index in [9.17, 15) is 9.00 Å². The van der Waals surface area contributed by atoms with E-state index >= 15 is 0 Å². The second-order valence-corrected chi connectivity index (χ2v) is 5.72. The Bertz CT molecular complexity index is 223. The molecule has 4 nitrogen and oxygen atoms in total. The van der Waals surface area contributed by atoms with Gasteiger partial charge in [0, 0.05) is 28.9 Å². The zero-order valence-electron chi connectivity index (χ0n) is 9.29. The van der Waals surface area contributed by atoms with Crippen molar-refractivity contribution in [3.05, 3.63) is 0 Å². The summed E-state index contributed by atoms with van der Waals surface area (Å²) in [6, 6.07) is 0.0224. The molecule has 0 radical (unpaired) electrons. The second-order valence-electron chi connectivity index (χ2n) is 4.16. The Kier molecular flexibility index (Phi) is 5.29. The van der Waals surface area contributed by atoms with Crippen molar-refractivity contribution in [3.63, 3.8) is 0 Å². The highest BCUT2D eigenvalue weighted by molar-refractivity contribution is 7.84. The molecule has 0 spiro atoms. The number of carbonyl (C=O) groups is 1. The van der Waals surface area contributed by atoms with Gasteiger partial charge in [-0.25, -0.2) is 0 Å². The fourth-order valence-corrected chi connectivity index (χ4v) is 1.51. The van der Waals surface area contributed by atoms with Gasteiger partial charge in [-0.3, -0.25) is 9.00 Å². The van der Waals surface area contributed by atoms with Crippen LogP contribution in [0.4, 0.5) is 0 Å². The normalized spacial score (nSPS) is 16.1. The van der Waals surface area contributed by atoms with Crippen molar-refractivity contribution in [1.82, 2.24) is 5.32 Å². The van der Waals surface area contributed by atoms with Crippen LogP contribution in [0.2, 0.25) is 0 Å². The van der Waals surface area contributed by atoms with E-state index in [0.29, 0.717) is 12.2 Å². The summed E-state index contributed by atoms with van der Waals surface area (Å²) < 4.78 is 10.8. The molecule has 0 bridgehead atoms. The number of hydrogen-bond acceptors (Lipinski definition) is 3. The van der Waals surface area contributed by atoms with Crippen LogP contribution in [-0.4, -0.2) is 33.7 Å². The molecule has 0 fully saturated rings. The van der Waals surface area contributed by atoms with E-state index in [-0.39, 0.29) is 11.9 Å². The van der Waals surface area contributed by atoms with Crippen LogP contribution in [-0.2, 0) is 15.6 Å². The van der Waals surface area contributed by atoms with Crippen LogP contribution in [0.5, 0.6) is 0 Å². The third kappa shape index (κ3) is 6.10. The van der Waals surface area contributed by atoms with Crippen molar-refractivity contribution in [2.75, 3.05) is 12.0 Å². The topological polar surface area (TPSA) is 72.2 Å². The van der Waals surface area contributed by atoms with E-state index in [1.54, 1.807) is 20.1 Å². The van der Waals surface area contributed by atoms with Crippen LogP contribution in [0.1, 0.15) is 27.2 Å². The van der Waals surface area contributed by atoms with E-state index in [4.69, 9.17) is 5.73 Å². The van der Waals surface area contributed by atoms with Crippen LogP contribution in [0.15, 0.2) is 0 Å². The average Bonchev–Trinajstić information content (AvgIpc) is 1.99. The average molecular weight is 220 g/mol. The molecule has 0 aliphatic heterocycles. The van der Waals surface area contributed by atoms with Gasteiger partial charge >= 0.3 is 0 Å². The smallest absolute Gasteiger partial charge is 0.239 e. The van der Waals surface area contributed by atoms with Crippen molar-refractivity contribution in [2.24, 2.45) is 5.73 Å². The zero-order chi connectivity index (χ0) is 11.4. The van der Waals surface area contributed by atoms with Gasteiger partial charge < -0.3 is 11.1 Å². The standard InChI is InChI=1S/C9H20N2O2S/c1-7(5-6-14(4)13)11-8(12)9(2,3)10/h7H,5-6,10H2,1-4H3,(H,11,12). The maximum absolute atomic E-state index is 11.4. The van der Waals surface area contributed by atoms with Gasteiger partial charge in [-0.1, -0.05) is 0 Å². The van der Waals surface area contributed by atoms with Crippen molar-refractivity contribution >= 4 is 16.7 Å². The Morgan fingerprint density at radius 3 is 2.43 bits per heavy atom. The minimum absolute atomic E-state index is 0.0224. The molecule has 0 aromatic rings. The predicted molar refractivity (Wildman–Crippen MR) is 59.4 cm³/mol. The number of carbonyl (C=O) groups excluding carboxylic acids is 1. The molecule has 0 aromatic carbocycles. The number of nitrogens with one attached hydrogen (secondary N) is 1. The molecule has 2 atom stereocenters. The molecule has 14 heavy (non-hydrogen) atoms. The molecule has 0 aromatic heterocycles. The number of rotatable bonds is 5. The van der Waals surface area contributed by atoms with Gasteiger partial charge in [0.15, 0.2) is 0 Å². The summed E-state index contributed by atoms with van der Waals surface area (Å²) in [5.41, 5.74) is 4.76. The van der Waals surface area contributed by atoms with Gasteiger partial charge in [0.1, 0.15) is 0 Å². The first-order valence-electron chi connectivity index (χ1n) is 4.63. The lowest BCUT2D eigenvalue weighted by molar-refractivity contribution is -0.125. The summed E-state index contributed by atoms with van der Waals surface area (Å²) in [5, 5.41) is 2.78. The molecule has 3 N–H and O–H groups in total. The highest BCUT2D eigenvalue weighted by Crippen LogP contribution is 1.99. The summed E-state index contributed by atoms with van der Waals surface area (Å²) >= 11 is 0. The van der Waals surface area contributed by atoms with Crippen LogP contribution >= 0.6 is 0 Å². The SMILES string of the molecule is CC(CCS(C)=O)NC(=O)C(C)(C)N. The molecule has 0 aliphatic rings. The fraction of sp³-hybridized carbons (Fsp3) is 0.889. The summed E-state index contributed by atoms with van der Waals surface area (Å²) in [7, 11) is -0.805. The van der Waals surface area contributed by atoms with E-state index in [2.05, 4.69) is 5.32 Å². The minimum Gasteiger partial charge on any atom is -0.352 e. The van der Waals surface area contributed by atoms with Gasteiger partial charge in [0.05, 0.1) is 5.54 Å². The lowest BCUT2D eigenvalue weighted by Crippen LogP contribution is -2.51. The van der Waals surface area contributed by atoms with Crippen molar-refractivity contribution in [2.45, 2.75) is 38.8 Å². The Morgan fingerprint density at radius 2 is 2.07 bits per heavy atom. The third-order valence-corrected chi connectivity index (χ3v) is 2.61. The molecule has 0 aliphatic carbocycles. The maximum Gasteiger partial charge on any atom is 0.239 e.